The van der Waals surface area contributed by atoms with Gasteiger partial charge >= 0.3 is 6.01 Å². The zero-order valence-electron chi connectivity index (χ0n) is 9.33. The minimum atomic E-state index is 0.201. The molecule has 0 N–H and O–H groups in total. The minimum Gasteiger partial charge on any atom is -0.463 e. The van der Waals surface area contributed by atoms with E-state index < -0.39 is 0 Å². The Morgan fingerprint density at radius 2 is 2.00 bits per heavy atom. The first-order chi connectivity index (χ1) is 7.11. The first kappa shape index (κ1) is 12.2. The van der Waals surface area contributed by atoms with Crippen molar-refractivity contribution in [1.29, 1.82) is 0 Å². The summed E-state index contributed by atoms with van der Waals surface area (Å²) in [7, 11) is 0. The molecule has 1 heterocycles. The van der Waals surface area contributed by atoms with Gasteiger partial charge in [-0.05, 0) is 23.9 Å². The van der Waals surface area contributed by atoms with Gasteiger partial charge in [0.2, 0.25) is 5.28 Å². The van der Waals surface area contributed by atoms with E-state index in [0.717, 1.165) is 12.8 Å². The van der Waals surface area contributed by atoms with Crippen molar-refractivity contribution in [2.24, 2.45) is 5.92 Å². The Morgan fingerprint density at radius 1 is 1.27 bits per heavy atom. The van der Waals surface area contributed by atoms with Gasteiger partial charge in [0.25, 0.3) is 0 Å². The third kappa shape index (κ3) is 4.42. The molecule has 0 radical (unpaired) electrons. The number of halogens is 1. The van der Waals surface area contributed by atoms with Crippen LogP contribution in [0.1, 0.15) is 33.0 Å². The normalized spacial score (nSPS) is 10.7. The quantitative estimate of drug-likeness (QED) is 0.779. The molecule has 4 nitrogen and oxygen atoms in total. The minimum absolute atomic E-state index is 0.201. The van der Waals surface area contributed by atoms with Crippen molar-refractivity contribution in [2.75, 3.05) is 6.61 Å². The molecule has 0 aliphatic heterocycles. The van der Waals surface area contributed by atoms with Crippen molar-refractivity contribution < 1.29 is 4.74 Å². The van der Waals surface area contributed by atoms with Gasteiger partial charge < -0.3 is 4.74 Å². The zero-order valence-corrected chi connectivity index (χ0v) is 10.1. The number of hydrogen-bond acceptors (Lipinski definition) is 4. The predicted molar refractivity (Wildman–Crippen MR) is 59.2 cm³/mol. The summed E-state index contributed by atoms with van der Waals surface area (Å²) in [5.41, 5.74) is 0. The molecule has 0 unspecified atom stereocenters. The average molecular weight is 230 g/mol. The molecular weight excluding hydrogens is 214 g/mol. The molecule has 0 spiro atoms. The Balaban J connectivity index is 2.75. The predicted octanol–water partition coefficient (Wildman–Crippen LogP) is 2.51. The van der Waals surface area contributed by atoms with Gasteiger partial charge in [0.05, 0.1) is 6.61 Å². The molecule has 0 aromatic carbocycles. The Hall–Kier alpha value is -0.900. The molecular formula is C10H16ClN3O. The van der Waals surface area contributed by atoms with E-state index in [1.165, 1.54) is 0 Å². The summed E-state index contributed by atoms with van der Waals surface area (Å²) >= 11 is 5.77. The first-order valence-corrected chi connectivity index (χ1v) is 5.52. The highest BCUT2D eigenvalue weighted by molar-refractivity contribution is 6.28. The van der Waals surface area contributed by atoms with Crippen molar-refractivity contribution >= 4 is 11.6 Å². The lowest BCUT2D eigenvalue weighted by Crippen LogP contribution is -2.06. The van der Waals surface area contributed by atoms with Crippen LogP contribution in [0.25, 0.3) is 0 Å². The molecule has 0 bridgehead atoms. The molecule has 0 saturated heterocycles. The fourth-order valence-corrected chi connectivity index (χ4v) is 1.26. The maximum Gasteiger partial charge on any atom is 0.320 e. The van der Waals surface area contributed by atoms with Crippen molar-refractivity contribution in [3.63, 3.8) is 0 Å². The van der Waals surface area contributed by atoms with E-state index in [2.05, 4.69) is 28.8 Å². The summed E-state index contributed by atoms with van der Waals surface area (Å²) in [5, 5.41) is 0.201. The van der Waals surface area contributed by atoms with Crippen molar-refractivity contribution in [1.82, 2.24) is 15.0 Å². The van der Waals surface area contributed by atoms with Crippen LogP contribution in [0, 0.1) is 5.92 Å². The van der Waals surface area contributed by atoms with E-state index in [1.54, 1.807) is 0 Å². The van der Waals surface area contributed by atoms with Crippen LogP contribution >= 0.6 is 11.6 Å². The molecule has 0 fully saturated rings. The number of nitrogens with zero attached hydrogens (tertiary/aromatic N) is 3. The van der Waals surface area contributed by atoms with Crippen LogP contribution in [0.15, 0.2) is 0 Å². The highest BCUT2D eigenvalue weighted by Crippen LogP contribution is 2.11. The summed E-state index contributed by atoms with van der Waals surface area (Å²) in [6, 6.07) is 0.326. The number of ether oxygens (including phenoxy) is 1. The number of aromatic nitrogens is 3. The fourth-order valence-electron chi connectivity index (χ4n) is 1.09. The molecule has 1 aromatic heterocycles. The van der Waals surface area contributed by atoms with Gasteiger partial charge in [-0.15, -0.1) is 0 Å². The van der Waals surface area contributed by atoms with Crippen LogP contribution < -0.4 is 4.74 Å². The highest BCUT2D eigenvalue weighted by atomic mass is 35.5. The first-order valence-electron chi connectivity index (χ1n) is 5.15. The summed E-state index contributed by atoms with van der Waals surface area (Å²) < 4.78 is 5.31. The lowest BCUT2D eigenvalue weighted by molar-refractivity contribution is 0.289. The monoisotopic (exact) mass is 229 g/mol. The van der Waals surface area contributed by atoms with E-state index >= 15 is 0 Å². The van der Waals surface area contributed by atoms with Crippen molar-refractivity contribution in [3.8, 4) is 6.01 Å². The SMILES string of the molecule is CCCOc1nc(Cl)nc(CC(C)C)n1. The third-order valence-corrected chi connectivity index (χ3v) is 1.83. The topological polar surface area (TPSA) is 47.9 Å². The maximum absolute atomic E-state index is 5.77. The van der Waals surface area contributed by atoms with Crippen molar-refractivity contribution in [2.45, 2.75) is 33.6 Å². The van der Waals surface area contributed by atoms with E-state index in [4.69, 9.17) is 16.3 Å². The molecule has 84 valence electrons. The van der Waals surface area contributed by atoms with Crippen LogP contribution in [0.2, 0.25) is 5.28 Å². The van der Waals surface area contributed by atoms with Crippen LogP contribution in [0.3, 0.4) is 0 Å². The summed E-state index contributed by atoms with van der Waals surface area (Å²) in [6.45, 7) is 6.83. The molecule has 5 heteroatoms. The molecule has 0 aliphatic carbocycles. The number of hydrogen-bond donors (Lipinski definition) is 0. The van der Waals surface area contributed by atoms with Crippen LogP contribution in [0.5, 0.6) is 6.01 Å². The second-order valence-electron chi connectivity index (χ2n) is 3.75. The zero-order chi connectivity index (χ0) is 11.3. The largest absolute Gasteiger partial charge is 0.463 e. The van der Waals surface area contributed by atoms with Gasteiger partial charge in [0.15, 0.2) is 0 Å². The number of rotatable bonds is 5. The molecule has 0 saturated carbocycles. The second-order valence-corrected chi connectivity index (χ2v) is 4.09. The lowest BCUT2D eigenvalue weighted by atomic mass is 10.1. The third-order valence-electron chi connectivity index (χ3n) is 1.66. The van der Waals surface area contributed by atoms with E-state index in [-0.39, 0.29) is 5.28 Å². The Labute approximate surface area is 95.1 Å². The molecule has 0 amide bonds. The molecule has 1 rings (SSSR count). The van der Waals surface area contributed by atoms with Crippen LogP contribution in [0.4, 0.5) is 0 Å². The van der Waals surface area contributed by atoms with Gasteiger partial charge in [-0.2, -0.15) is 9.97 Å². The molecule has 0 atom stereocenters. The maximum atomic E-state index is 5.77. The summed E-state index contributed by atoms with van der Waals surface area (Å²) in [5.74, 6) is 1.18. The van der Waals surface area contributed by atoms with Gasteiger partial charge in [-0.1, -0.05) is 20.8 Å². The second kappa shape index (κ2) is 5.85. The fraction of sp³-hybridized carbons (Fsp3) is 0.700. The summed E-state index contributed by atoms with van der Waals surface area (Å²) in [4.78, 5) is 12.1. The Kier molecular flexibility index (Phi) is 4.75. The highest BCUT2D eigenvalue weighted by Gasteiger charge is 2.07. The van der Waals surface area contributed by atoms with Gasteiger partial charge in [0.1, 0.15) is 5.82 Å². The molecule has 0 aliphatic rings. The van der Waals surface area contributed by atoms with Gasteiger partial charge in [0, 0.05) is 6.42 Å². The Bertz CT molecular complexity index is 318. The average Bonchev–Trinajstić information content (AvgIpc) is 2.12. The Morgan fingerprint density at radius 3 is 2.60 bits per heavy atom. The van der Waals surface area contributed by atoms with Gasteiger partial charge in [-0.3, -0.25) is 0 Å². The lowest BCUT2D eigenvalue weighted by Gasteiger charge is -2.06. The van der Waals surface area contributed by atoms with E-state index in [1.807, 2.05) is 6.92 Å². The van der Waals surface area contributed by atoms with Crippen LogP contribution in [-0.4, -0.2) is 21.6 Å². The van der Waals surface area contributed by atoms with Gasteiger partial charge in [-0.25, -0.2) is 4.98 Å². The van der Waals surface area contributed by atoms with E-state index in [0.29, 0.717) is 24.4 Å². The molecule has 1 aromatic rings. The molecule has 15 heavy (non-hydrogen) atoms. The van der Waals surface area contributed by atoms with E-state index in [9.17, 15) is 0 Å². The summed E-state index contributed by atoms with van der Waals surface area (Å²) in [6.07, 6.45) is 1.70. The van der Waals surface area contributed by atoms with Crippen LogP contribution in [-0.2, 0) is 6.42 Å². The smallest absolute Gasteiger partial charge is 0.320 e. The van der Waals surface area contributed by atoms with Crippen molar-refractivity contribution in [3.05, 3.63) is 11.1 Å². The standard InChI is InChI=1S/C10H16ClN3O/c1-4-5-15-10-13-8(6-7(2)3)12-9(11)14-10/h7H,4-6H2,1-3H3.